The van der Waals surface area contributed by atoms with Crippen molar-refractivity contribution in [3.8, 4) is 5.69 Å². The topological polar surface area (TPSA) is 83.0 Å². The van der Waals surface area contributed by atoms with Crippen molar-refractivity contribution in [2.75, 3.05) is 5.73 Å². The molecular weight excluding hydrogens is 364 g/mol. The zero-order valence-electron chi connectivity index (χ0n) is 16.8. The van der Waals surface area contributed by atoms with E-state index in [1.54, 1.807) is 4.57 Å². The lowest BCUT2D eigenvalue weighted by molar-refractivity contribution is 0.0338. The van der Waals surface area contributed by atoms with Crippen molar-refractivity contribution < 1.29 is 9.53 Å². The van der Waals surface area contributed by atoms with Gasteiger partial charge in [-0.15, -0.1) is 0 Å². The van der Waals surface area contributed by atoms with Gasteiger partial charge in [0.1, 0.15) is 16.9 Å². The molecule has 0 radical (unpaired) electrons. The zero-order valence-corrected chi connectivity index (χ0v) is 16.8. The number of esters is 1. The number of anilines is 1. The molecule has 0 aliphatic rings. The van der Waals surface area contributed by atoms with E-state index in [4.69, 9.17) is 20.4 Å². The molecule has 2 N–H and O–H groups in total. The van der Waals surface area contributed by atoms with Gasteiger partial charge in [0.25, 0.3) is 0 Å². The standard InChI is InChI=1S/C23H24N4O2/c1-4-14(3)29-23(28)19-20-22(26-18-9-7-6-8-17(18)25-20)27(21(19)24)16-12-10-15(5-2)11-13-16/h6-14H,4-5,24H2,1-3H3. The van der Waals surface area contributed by atoms with Gasteiger partial charge in [0.2, 0.25) is 0 Å². The van der Waals surface area contributed by atoms with E-state index in [-0.39, 0.29) is 17.5 Å². The number of hydrogen-bond donors (Lipinski definition) is 1. The maximum absolute atomic E-state index is 12.9. The Labute approximate surface area is 169 Å². The molecule has 2 heterocycles. The summed E-state index contributed by atoms with van der Waals surface area (Å²) in [7, 11) is 0. The SMILES string of the molecule is CCc1ccc(-n2c(N)c(C(=O)OC(C)CC)c3nc4ccccc4nc32)cc1. The molecule has 0 fully saturated rings. The minimum absolute atomic E-state index is 0.211. The van der Waals surface area contributed by atoms with Gasteiger partial charge in [0.15, 0.2) is 5.65 Å². The fourth-order valence-corrected chi connectivity index (χ4v) is 3.33. The van der Waals surface area contributed by atoms with Crippen LogP contribution in [0.2, 0.25) is 0 Å². The molecule has 0 bridgehead atoms. The van der Waals surface area contributed by atoms with Gasteiger partial charge in [0, 0.05) is 5.69 Å². The highest BCUT2D eigenvalue weighted by molar-refractivity contribution is 6.09. The smallest absolute Gasteiger partial charge is 0.344 e. The molecule has 0 aliphatic heterocycles. The molecule has 1 unspecified atom stereocenters. The van der Waals surface area contributed by atoms with E-state index >= 15 is 0 Å². The van der Waals surface area contributed by atoms with Crippen molar-refractivity contribution in [2.24, 2.45) is 0 Å². The Kier molecular flexibility index (Phi) is 4.92. The molecule has 2 aromatic carbocycles. The molecule has 1 atom stereocenters. The Balaban J connectivity index is 1.99. The van der Waals surface area contributed by atoms with Gasteiger partial charge < -0.3 is 10.5 Å². The minimum atomic E-state index is -0.477. The van der Waals surface area contributed by atoms with Crippen LogP contribution >= 0.6 is 0 Å². The van der Waals surface area contributed by atoms with Crippen molar-refractivity contribution in [1.82, 2.24) is 14.5 Å². The van der Waals surface area contributed by atoms with Crippen molar-refractivity contribution in [3.63, 3.8) is 0 Å². The molecule has 4 aromatic rings. The van der Waals surface area contributed by atoms with Crippen LogP contribution in [0, 0.1) is 0 Å². The number of nitrogens with two attached hydrogens (primary N) is 1. The van der Waals surface area contributed by atoms with Crippen LogP contribution in [0.15, 0.2) is 48.5 Å². The molecule has 0 saturated carbocycles. The minimum Gasteiger partial charge on any atom is -0.459 e. The van der Waals surface area contributed by atoms with Gasteiger partial charge in [0.05, 0.1) is 17.1 Å². The highest BCUT2D eigenvalue weighted by Gasteiger charge is 2.26. The Morgan fingerprint density at radius 3 is 2.34 bits per heavy atom. The number of hydrogen-bond acceptors (Lipinski definition) is 5. The first-order chi connectivity index (χ1) is 14.0. The molecule has 0 amide bonds. The summed E-state index contributed by atoms with van der Waals surface area (Å²) in [4.78, 5) is 22.4. The monoisotopic (exact) mass is 388 g/mol. The maximum Gasteiger partial charge on any atom is 0.344 e. The van der Waals surface area contributed by atoms with Crippen LogP contribution in [-0.2, 0) is 11.2 Å². The normalized spacial score (nSPS) is 12.4. The van der Waals surface area contributed by atoms with Gasteiger partial charge in [-0.2, -0.15) is 0 Å². The maximum atomic E-state index is 12.9. The number of fused-ring (bicyclic) bond motifs is 2. The number of benzene rings is 2. The number of carbonyl (C=O) groups excluding carboxylic acids is 1. The first kappa shape index (κ1) is 18.9. The summed E-state index contributed by atoms with van der Waals surface area (Å²) in [5.41, 5.74) is 11.2. The number of carbonyl (C=O) groups is 1. The number of rotatable bonds is 5. The lowest BCUT2D eigenvalue weighted by Gasteiger charge is -2.11. The molecule has 4 rings (SSSR count). The average molecular weight is 388 g/mol. The van der Waals surface area contributed by atoms with Crippen LogP contribution in [0.3, 0.4) is 0 Å². The van der Waals surface area contributed by atoms with Crippen molar-refractivity contribution >= 4 is 34.0 Å². The summed E-state index contributed by atoms with van der Waals surface area (Å²) in [5.74, 6) is -0.191. The van der Waals surface area contributed by atoms with E-state index in [9.17, 15) is 4.79 Å². The second kappa shape index (κ2) is 7.54. The summed E-state index contributed by atoms with van der Waals surface area (Å²) in [6, 6.07) is 15.6. The Hall–Kier alpha value is -3.41. The van der Waals surface area contributed by atoms with Crippen LogP contribution in [0.25, 0.3) is 27.9 Å². The van der Waals surface area contributed by atoms with E-state index in [1.165, 1.54) is 5.56 Å². The van der Waals surface area contributed by atoms with Crippen LogP contribution < -0.4 is 5.73 Å². The van der Waals surface area contributed by atoms with Crippen molar-refractivity contribution in [3.05, 3.63) is 59.7 Å². The third-order valence-electron chi connectivity index (χ3n) is 5.19. The van der Waals surface area contributed by atoms with E-state index < -0.39 is 5.97 Å². The molecular formula is C23H24N4O2. The first-order valence-corrected chi connectivity index (χ1v) is 9.90. The lowest BCUT2D eigenvalue weighted by Crippen LogP contribution is -2.15. The molecule has 6 nitrogen and oxygen atoms in total. The Bertz CT molecular complexity index is 1200. The summed E-state index contributed by atoms with van der Waals surface area (Å²) >= 11 is 0. The molecule has 0 saturated heterocycles. The zero-order chi connectivity index (χ0) is 20.5. The highest BCUT2D eigenvalue weighted by atomic mass is 16.5. The highest BCUT2D eigenvalue weighted by Crippen LogP contribution is 2.32. The largest absolute Gasteiger partial charge is 0.459 e. The van der Waals surface area contributed by atoms with Gasteiger partial charge in [-0.1, -0.05) is 38.1 Å². The Morgan fingerprint density at radius 1 is 1.07 bits per heavy atom. The predicted molar refractivity (Wildman–Crippen MR) is 115 cm³/mol. The van der Waals surface area contributed by atoms with Crippen LogP contribution in [-0.4, -0.2) is 26.6 Å². The summed E-state index contributed by atoms with van der Waals surface area (Å²) in [6.07, 6.45) is 1.45. The van der Waals surface area contributed by atoms with Gasteiger partial charge >= 0.3 is 5.97 Å². The van der Waals surface area contributed by atoms with Crippen molar-refractivity contribution in [2.45, 2.75) is 39.7 Å². The molecule has 0 aliphatic carbocycles. The van der Waals surface area contributed by atoms with E-state index in [1.807, 2.05) is 62.4 Å². The molecule has 29 heavy (non-hydrogen) atoms. The first-order valence-electron chi connectivity index (χ1n) is 9.90. The molecule has 0 spiro atoms. The number of nitrogens with zero attached hydrogens (tertiary/aromatic N) is 3. The van der Waals surface area contributed by atoms with E-state index in [0.717, 1.165) is 24.0 Å². The molecule has 148 valence electrons. The van der Waals surface area contributed by atoms with Crippen LogP contribution in [0.4, 0.5) is 5.82 Å². The third kappa shape index (κ3) is 3.31. The average Bonchev–Trinajstić information content (AvgIpc) is 3.02. The Morgan fingerprint density at radius 2 is 1.72 bits per heavy atom. The van der Waals surface area contributed by atoms with Gasteiger partial charge in [-0.05, 0) is 49.6 Å². The van der Waals surface area contributed by atoms with E-state index in [2.05, 4.69) is 6.92 Å². The number of para-hydroxylation sites is 2. The van der Waals surface area contributed by atoms with E-state index in [0.29, 0.717) is 16.7 Å². The predicted octanol–water partition coefficient (Wildman–Crippen LogP) is 4.67. The summed E-state index contributed by atoms with van der Waals surface area (Å²) < 4.78 is 7.35. The molecule has 6 heteroatoms. The number of aromatic nitrogens is 3. The van der Waals surface area contributed by atoms with Crippen LogP contribution in [0.1, 0.15) is 43.1 Å². The van der Waals surface area contributed by atoms with Crippen LogP contribution in [0.5, 0.6) is 0 Å². The quantitative estimate of drug-likeness (QED) is 0.502. The summed E-state index contributed by atoms with van der Waals surface area (Å²) in [5, 5.41) is 0. The second-order valence-corrected chi connectivity index (χ2v) is 7.12. The number of aryl methyl sites for hydroxylation is 1. The fourth-order valence-electron chi connectivity index (χ4n) is 3.33. The molecule has 2 aromatic heterocycles. The fraction of sp³-hybridized carbons (Fsp3) is 0.261. The second-order valence-electron chi connectivity index (χ2n) is 7.12. The third-order valence-corrected chi connectivity index (χ3v) is 5.19. The lowest BCUT2D eigenvalue weighted by atomic mass is 10.1. The van der Waals surface area contributed by atoms with Gasteiger partial charge in [-0.3, -0.25) is 4.57 Å². The number of nitrogen functional groups attached to an aromatic ring is 1. The number of ether oxygens (including phenoxy) is 1. The van der Waals surface area contributed by atoms with Gasteiger partial charge in [-0.25, -0.2) is 14.8 Å². The summed E-state index contributed by atoms with van der Waals surface area (Å²) in [6.45, 7) is 5.93. The van der Waals surface area contributed by atoms with Crippen molar-refractivity contribution in [1.29, 1.82) is 0 Å².